The maximum absolute atomic E-state index is 14.0. The molecule has 0 spiro atoms. The topological polar surface area (TPSA) is 29.1 Å². The first kappa shape index (κ1) is 17.5. The zero-order chi connectivity index (χ0) is 18.0. The van der Waals surface area contributed by atoms with Crippen molar-refractivity contribution < 1.29 is 18.0 Å². The van der Waals surface area contributed by atoms with Crippen LogP contribution >= 0.6 is 0 Å². The number of rotatable bonds is 4. The summed E-state index contributed by atoms with van der Waals surface area (Å²) in [4.78, 5) is 13.0. The molecule has 132 valence electrons. The molecule has 0 heterocycles. The summed E-state index contributed by atoms with van der Waals surface area (Å²) in [6.07, 6.45) is 3.15. The first-order valence-electron chi connectivity index (χ1n) is 8.44. The Morgan fingerprint density at radius 3 is 2.20 bits per heavy atom. The summed E-state index contributed by atoms with van der Waals surface area (Å²) >= 11 is 0. The Balaban J connectivity index is 1.85. The Morgan fingerprint density at radius 2 is 1.60 bits per heavy atom. The third kappa shape index (κ3) is 3.41. The Hall–Kier alpha value is -2.30. The Bertz CT molecular complexity index is 767. The van der Waals surface area contributed by atoms with E-state index in [0.717, 1.165) is 24.5 Å². The van der Waals surface area contributed by atoms with Gasteiger partial charge in [0.05, 0.1) is 11.5 Å². The number of amides is 1. The average Bonchev–Trinajstić information content (AvgIpc) is 3.06. The molecule has 1 unspecified atom stereocenters. The lowest BCUT2D eigenvalue weighted by Crippen LogP contribution is -2.43. The summed E-state index contributed by atoms with van der Waals surface area (Å²) in [7, 11) is 0. The lowest BCUT2D eigenvalue weighted by atomic mass is 9.77. The highest BCUT2D eigenvalue weighted by Gasteiger charge is 2.43. The molecule has 0 aliphatic heterocycles. The third-order valence-corrected chi connectivity index (χ3v) is 5.07. The van der Waals surface area contributed by atoms with Gasteiger partial charge in [0, 0.05) is 11.6 Å². The van der Waals surface area contributed by atoms with Crippen molar-refractivity contribution in [2.45, 2.75) is 44.1 Å². The number of carbonyl (C=O) groups excluding carboxylic acids is 1. The van der Waals surface area contributed by atoms with Gasteiger partial charge in [0.2, 0.25) is 5.91 Å². The van der Waals surface area contributed by atoms with Crippen LogP contribution in [0, 0.1) is 17.5 Å². The molecule has 1 saturated carbocycles. The maximum atomic E-state index is 14.0. The summed E-state index contributed by atoms with van der Waals surface area (Å²) in [6, 6.07) is 8.72. The van der Waals surface area contributed by atoms with Crippen LogP contribution in [0.4, 0.5) is 13.2 Å². The highest BCUT2D eigenvalue weighted by Crippen LogP contribution is 2.42. The fraction of sp³-hybridized carbons (Fsp3) is 0.350. The second-order valence-electron chi connectivity index (χ2n) is 6.66. The highest BCUT2D eigenvalue weighted by molar-refractivity contribution is 5.89. The fourth-order valence-corrected chi connectivity index (χ4v) is 3.66. The summed E-state index contributed by atoms with van der Waals surface area (Å²) in [5.74, 6) is -1.89. The summed E-state index contributed by atoms with van der Waals surface area (Å²) in [5, 5.41) is 2.86. The van der Waals surface area contributed by atoms with Crippen LogP contribution in [-0.4, -0.2) is 5.91 Å². The van der Waals surface area contributed by atoms with Crippen LogP contribution in [0.3, 0.4) is 0 Å². The normalized spacial score (nSPS) is 17.3. The lowest BCUT2D eigenvalue weighted by Gasteiger charge is -2.30. The van der Waals surface area contributed by atoms with Gasteiger partial charge in [-0.05, 0) is 43.5 Å². The predicted octanol–water partition coefficient (Wildman–Crippen LogP) is 4.79. The molecule has 1 aliphatic rings. The first-order valence-corrected chi connectivity index (χ1v) is 8.44. The van der Waals surface area contributed by atoms with Crippen LogP contribution in [0.2, 0.25) is 0 Å². The van der Waals surface area contributed by atoms with E-state index in [9.17, 15) is 18.0 Å². The van der Waals surface area contributed by atoms with Gasteiger partial charge in [-0.1, -0.05) is 31.0 Å². The van der Waals surface area contributed by atoms with Gasteiger partial charge in [-0.25, -0.2) is 13.2 Å². The summed E-state index contributed by atoms with van der Waals surface area (Å²) < 4.78 is 40.3. The number of nitrogens with one attached hydrogen (secondary N) is 1. The van der Waals surface area contributed by atoms with Crippen molar-refractivity contribution in [1.82, 2.24) is 5.32 Å². The van der Waals surface area contributed by atoms with Gasteiger partial charge < -0.3 is 5.32 Å². The molecule has 0 aromatic heterocycles. The van der Waals surface area contributed by atoms with E-state index in [0.29, 0.717) is 12.8 Å². The van der Waals surface area contributed by atoms with Gasteiger partial charge in [0.25, 0.3) is 0 Å². The van der Waals surface area contributed by atoms with E-state index in [1.54, 1.807) is 19.1 Å². The molecule has 1 N–H and O–H groups in total. The molecule has 0 radical (unpaired) electrons. The molecule has 1 fully saturated rings. The second-order valence-corrected chi connectivity index (χ2v) is 6.66. The lowest BCUT2D eigenvalue weighted by molar-refractivity contribution is -0.127. The molecular formula is C20H20F3NO. The number of hydrogen-bond acceptors (Lipinski definition) is 1. The van der Waals surface area contributed by atoms with Crippen molar-refractivity contribution in [3.05, 3.63) is 71.0 Å². The van der Waals surface area contributed by atoms with Crippen LogP contribution in [0.5, 0.6) is 0 Å². The number of benzene rings is 2. The van der Waals surface area contributed by atoms with E-state index in [-0.39, 0.29) is 17.3 Å². The zero-order valence-corrected chi connectivity index (χ0v) is 14.0. The minimum atomic E-state index is -0.724. The Kier molecular flexibility index (Phi) is 4.84. The average molecular weight is 347 g/mol. The molecule has 3 rings (SSSR count). The minimum Gasteiger partial charge on any atom is -0.349 e. The molecule has 1 aliphatic carbocycles. The van der Waals surface area contributed by atoms with Crippen LogP contribution in [0.1, 0.15) is 49.8 Å². The number of carbonyl (C=O) groups is 1. The van der Waals surface area contributed by atoms with Crippen molar-refractivity contribution in [1.29, 1.82) is 0 Å². The van der Waals surface area contributed by atoms with Gasteiger partial charge in [0.15, 0.2) is 0 Å². The van der Waals surface area contributed by atoms with Crippen LogP contribution < -0.4 is 5.32 Å². The molecule has 2 aromatic rings. The number of halogens is 3. The van der Waals surface area contributed by atoms with Gasteiger partial charge >= 0.3 is 0 Å². The standard InChI is InChI=1S/C20H20F3NO/c1-13(17-9-8-16(22)12-18(17)23)24-19(25)20(10-2-3-11-20)14-4-6-15(21)7-5-14/h4-9,12-13H,2-3,10-11H2,1H3,(H,24,25). The van der Waals surface area contributed by atoms with E-state index in [1.165, 1.54) is 24.3 Å². The number of hydrogen-bond donors (Lipinski definition) is 1. The SMILES string of the molecule is CC(NC(=O)C1(c2ccc(F)cc2)CCCC1)c1ccc(F)cc1F. The fourth-order valence-electron chi connectivity index (χ4n) is 3.66. The van der Waals surface area contributed by atoms with Gasteiger partial charge in [-0.3, -0.25) is 4.79 Å². The summed E-state index contributed by atoms with van der Waals surface area (Å²) in [5.41, 5.74) is 0.288. The molecule has 2 nitrogen and oxygen atoms in total. The van der Waals surface area contributed by atoms with Gasteiger partial charge in [-0.2, -0.15) is 0 Å². The predicted molar refractivity (Wildman–Crippen MR) is 89.5 cm³/mol. The van der Waals surface area contributed by atoms with E-state index in [2.05, 4.69) is 5.32 Å². The van der Waals surface area contributed by atoms with Crippen molar-refractivity contribution in [2.24, 2.45) is 0 Å². The van der Waals surface area contributed by atoms with Crippen molar-refractivity contribution in [3.8, 4) is 0 Å². The van der Waals surface area contributed by atoms with Gasteiger partial charge in [0.1, 0.15) is 17.5 Å². The van der Waals surface area contributed by atoms with Crippen LogP contribution in [0.25, 0.3) is 0 Å². The zero-order valence-electron chi connectivity index (χ0n) is 14.0. The van der Waals surface area contributed by atoms with Crippen molar-refractivity contribution in [2.75, 3.05) is 0 Å². The van der Waals surface area contributed by atoms with Crippen LogP contribution in [-0.2, 0) is 10.2 Å². The quantitative estimate of drug-likeness (QED) is 0.846. The summed E-state index contributed by atoms with van der Waals surface area (Å²) in [6.45, 7) is 1.67. The molecule has 0 saturated heterocycles. The van der Waals surface area contributed by atoms with E-state index in [1.807, 2.05) is 0 Å². The Morgan fingerprint density at radius 1 is 1.00 bits per heavy atom. The van der Waals surface area contributed by atoms with E-state index >= 15 is 0 Å². The smallest absolute Gasteiger partial charge is 0.231 e. The minimum absolute atomic E-state index is 0.201. The largest absolute Gasteiger partial charge is 0.349 e. The van der Waals surface area contributed by atoms with E-state index < -0.39 is 23.1 Å². The molecule has 1 atom stereocenters. The molecule has 25 heavy (non-hydrogen) atoms. The van der Waals surface area contributed by atoms with Gasteiger partial charge in [-0.15, -0.1) is 0 Å². The maximum Gasteiger partial charge on any atom is 0.231 e. The molecule has 5 heteroatoms. The van der Waals surface area contributed by atoms with Crippen molar-refractivity contribution >= 4 is 5.91 Å². The van der Waals surface area contributed by atoms with E-state index in [4.69, 9.17) is 0 Å². The highest BCUT2D eigenvalue weighted by atomic mass is 19.1. The Labute approximate surface area is 145 Å². The second kappa shape index (κ2) is 6.90. The molecular weight excluding hydrogens is 327 g/mol. The van der Waals surface area contributed by atoms with Crippen molar-refractivity contribution in [3.63, 3.8) is 0 Å². The molecule has 2 aromatic carbocycles. The monoisotopic (exact) mass is 347 g/mol. The molecule has 0 bridgehead atoms. The van der Waals surface area contributed by atoms with Crippen LogP contribution in [0.15, 0.2) is 42.5 Å². The third-order valence-electron chi connectivity index (χ3n) is 5.07. The molecule has 1 amide bonds. The first-order chi connectivity index (χ1) is 11.9.